The second kappa shape index (κ2) is 2.94. The normalized spacial score (nSPS) is 22.6. The number of likely N-dealkylation sites (tertiary alicyclic amines) is 1. The van der Waals surface area contributed by atoms with Crippen molar-refractivity contribution >= 4 is 17.6 Å². The third-order valence-corrected chi connectivity index (χ3v) is 2.50. The number of Topliss-reactive ketones (excluding diaryl/α,β-unsaturated/α-hetero) is 1. The van der Waals surface area contributed by atoms with Crippen LogP contribution in [0.4, 0.5) is 0 Å². The van der Waals surface area contributed by atoms with Crippen LogP contribution in [0.2, 0.25) is 0 Å². The monoisotopic (exact) mass is 181 g/mol. The first kappa shape index (κ1) is 8.41. The molecule has 1 saturated carbocycles. The molecule has 0 spiro atoms. The van der Waals surface area contributed by atoms with Gasteiger partial charge in [0, 0.05) is 18.8 Å². The average molecular weight is 181 g/mol. The number of hydrogen-bond acceptors (Lipinski definition) is 3. The van der Waals surface area contributed by atoms with Crippen molar-refractivity contribution in [3.05, 3.63) is 0 Å². The van der Waals surface area contributed by atoms with Crippen LogP contribution in [0.1, 0.15) is 25.7 Å². The molecule has 0 unspecified atom stereocenters. The van der Waals surface area contributed by atoms with Gasteiger partial charge in [-0.05, 0) is 12.8 Å². The van der Waals surface area contributed by atoms with E-state index in [9.17, 15) is 14.4 Å². The zero-order chi connectivity index (χ0) is 9.42. The van der Waals surface area contributed by atoms with Gasteiger partial charge in [0.1, 0.15) is 0 Å². The van der Waals surface area contributed by atoms with E-state index in [1.807, 2.05) is 0 Å². The SMILES string of the molecule is O=C(CN1C(=O)CCC1=O)C1CC1. The molecule has 0 aromatic heterocycles. The summed E-state index contributed by atoms with van der Waals surface area (Å²) < 4.78 is 0. The zero-order valence-electron chi connectivity index (χ0n) is 7.28. The zero-order valence-corrected chi connectivity index (χ0v) is 7.28. The van der Waals surface area contributed by atoms with Crippen molar-refractivity contribution in [1.29, 1.82) is 0 Å². The Bertz CT molecular complexity index is 265. The van der Waals surface area contributed by atoms with Crippen molar-refractivity contribution in [2.24, 2.45) is 5.92 Å². The van der Waals surface area contributed by atoms with Gasteiger partial charge >= 0.3 is 0 Å². The van der Waals surface area contributed by atoms with Crippen molar-refractivity contribution in [2.45, 2.75) is 25.7 Å². The standard InChI is InChI=1S/C9H11NO3/c11-7(6-1-2-6)5-10-8(12)3-4-9(10)13/h6H,1-5H2. The Morgan fingerprint density at radius 1 is 1.23 bits per heavy atom. The maximum absolute atomic E-state index is 11.3. The summed E-state index contributed by atoms with van der Waals surface area (Å²) in [6.45, 7) is 0.0162. The van der Waals surface area contributed by atoms with Gasteiger partial charge in [-0.3, -0.25) is 19.3 Å². The van der Waals surface area contributed by atoms with Crippen LogP contribution in [0.25, 0.3) is 0 Å². The minimum absolute atomic E-state index is 0.0162. The number of carbonyl (C=O) groups excluding carboxylic acids is 3. The van der Waals surface area contributed by atoms with E-state index >= 15 is 0 Å². The summed E-state index contributed by atoms with van der Waals surface area (Å²) in [6, 6.07) is 0. The van der Waals surface area contributed by atoms with Crippen LogP contribution in [-0.4, -0.2) is 29.0 Å². The Morgan fingerprint density at radius 3 is 2.23 bits per heavy atom. The molecule has 1 heterocycles. The van der Waals surface area contributed by atoms with Crippen molar-refractivity contribution in [3.63, 3.8) is 0 Å². The molecule has 1 aliphatic heterocycles. The molecular weight excluding hydrogens is 170 g/mol. The number of hydrogen-bond donors (Lipinski definition) is 0. The molecule has 0 aromatic carbocycles. The highest BCUT2D eigenvalue weighted by Gasteiger charge is 2.35. The predicted octanol–water partition coefficient (Wildman–Crippen LogP) is 0.114. The Labute approximate surface area is 75.9 Å². The fourth-order valence-corrected chi connectivity index (χ4v) is 1.49. The topological polar surface area (TPSA) is 54.5 Å². The lowest BCUT2D eigenvalue weighted by molar-refractivity contribution is -0.142. The number of rotatable bonds is 3. The summed E-state index contributed by atoms with van der Waals surface area (Å²) in [7, 11) is 0. The van der Waals surface area contributed by atoms with Gasteiger partial charge in [0.05, 0.1) is 6.54 Å². The molecule has 2 aliphatic rings. The lowest BCUT2D eigenvalue weighted by Crippen LogP contribution is -2.34. The molecule has 0 N–H and O–H groups in total. The highest BCUT2D eigenvalue weighted by molar-refractivity contribution is 6.05. The molecule has 2 amide bonds. The van der Waals surface area contributed by atoms with Crippen LogP contribution in [0.3, 0.4) is 0 Å². The molecule has 0 atom stereocenters. The summed E-state index contributed by atoms with van der Waals surface area (Å²) in [5, 5.41) is 0. The molecule has 2 fully saturated rings. The number of nitrogens with zero attached hydrogens (tertiary/aromatic N) is 1. The molecule has 2 rings (SSSR count). The minimum atomic E-state index is -0.195. The summed E-state index contributed by atoms with van der Waals surface area (Å²) in [5.74, 6) is -0.220. The van der Waals surface area contributed by atoms with E-state index in [2.05, 4.69) is 0 Å². The van der Waals surface area contributed by atoms with E-state index in [1.165, 1.54) is 0 Å². The molecule has 4 nitrogen and oxygen atoms in total. The average Bonchev–Trinajstić information content (AvgIpc) is 2.88. The molecule has 4 heteroatoms. The van der Waals surface area contributed by atoms with Crippen LogP contribution in [0.15, 0.2) is 0 Å². The molecular formula is C9H11NO3. The lowest BCUT2D eigenvalue weighted by atomic mass is 10.2. The predicted molar refractivity (Wildman–Crippen MR) is 43.7 cm³/mol. The fraction of sp³-hybridized carbons (Fsp3) is 0.667. The Morgan fingerprint density at radius 2 is 1.77 bits per heavy atom. The molecule has 0 aromatic rings. The van der Waals surface area contributed by atoms with E-state index in [-0.39, 0.29) is 42.9 Å². The summed E-state index contributed by atoms with van der Waals surface area (Å²) in [4.78, 5) is 34.6. The lowest BCUT2D eigenvalue weighted by Gasteiger charge is -2.11. The van der Waals surface area contributed by atoms with Gasteiger partial charge in [0.25, 0.3) is 0 Å². The second-order valence-corrected chi connectivity index (χ2v) is 3.61. The van der Waals surface area contributed by atoms with E-state index in [1.54, 1.807) is 0 Å². The first-order valence-corrected chi connectivity index (χ1v) is 4.54. The Balaban J connectivity index is 1.95. The molecule has 0 radical (unpaired) electrons. The number of imide groups is 1. The van der Waals surface area contributed by atoms with Gasteiger partial charge in [-0.25, -0.2) is 0 Å². The van der Waals surface area contributed by atoms with Gasteiger partial charge in [-0.15, -0.1) is 0 Å². The third kappa shape index (κ3) is 1.61. The number of carbonyl (C=O) groups is 3. The van der Waals surface area contributed by atoms with Crippen molar-refractivity contribution in [3.8, 4) is 0 Å². The van der Waals surface area contributed by atoms with E-state index in [0.717, 1.165) is 17.7 Å². The van der Waals surface area contributed by atoms with Gasteiger partial charge in [0.2, 0.25) is 11.8 Å². The third-order valence-electron chi connectivity index (χ3n) is 2.50. The highest BCUT2D eigenvalue weighted by Crippen LogP contribution is 2.30. The van der Waals surface area contributed by atoms with Crippen LogP contribution in [-0.2, 0) is 14.4 Å². The molecule has 70 valence electrons. The van der Waals surface area contributed by atoms with Gasteiger partial charge < -0.3 is 0 Å². The molecule has 1 saturated heterocycles. The number of ketones is 1. The van der Waals surface area contributed by atoms with Crippen LogP contribution >= 0.6 is 0 Å². The minimum Gasteiger partial charge on any atom is -0.297 e. The first-order valence-electron chi connectivity index (χ1n) is 4.54. The largest absolute Gasteiger partial charge is 0.297 e. The van der Waals surface area contributed by atoms with E-state index in [4.69, 9.17) is 0 Å². The second-order valence-electron chi connectivity index (χ2n) is 3.61. The van der Waals surface area contributed by atoms with Crippen LogP contribution < -0.4 is 0 Å². The summed E-state index contributed by atoms with van der Waals surface area (Å²) in [5.41, 5.74) is 0. The van der Waals surface area contributed by atoms with Gasteiger partial charge in [-0.1, -0.05) is 0 Å². The Hall–Kier alpha value is -1.19. The van der Waals surface area contributed by atoms with Gasteiger partial charge in [-0.2, -0.15) is 0 Å². The number of amides is 2. The molecule has 1 aliphatic carbocycles. The smallest absolute Gasteiger partial charge is 0.230 e. The van der Waals surface area contributed by atoms with Crippen LogP contribution in [0, 0.1) is 5.92 Å². The quantitative estimate of drug-likeness (QED) is 0.581. The first-order chi connectivity index (χ1) is 6.18. The molecule has 13 heavy (non-hydrogen) atoms. The highest BCUT2D eigenvalue weighted by atomic mass is 16.2. The van der Waals surface area contributed by atoms with Crippen molar-refractivity contribution < 1.29 is 14.4 Å². The van der Waals surface area contributed by atoms with E-state index < -0.39 is 0 Å². The van der Waals surface area contributed by atoms with E-state index in [0.29, 0.717) is 0 Å². The fourth-order valence-electron chi connectivity index (χ4n) is 1.49. The van der Waals surface area contributed by atoms with Crippen LogP contribution in [0.5, 0.6) is 0 Å². The molecule has 0 bridgehead atoms. The van der Waals surface area contributed by atoms with Gasteiger partial charge in [0.15, 0.2) is 5.78 Å². The van der Waals surface area contributed by atoms with Crippen molar-refractivity contribution in [2.75, 3.05) is 6.54 Å². The maximum atomic E-state index is 11.3. The summed E-state index contributed by atoms with van der Waals surface area (Å²) in [6.07, 6.45) is 2.40. The van der Waals surface area contributed by atoms with Crippen molar-refractivity contribution in [1.82, 2.24) is 4.90 Å². The summed E-state index contributed by atoms with van der Waals surface area (Å²) >= 11 is 0. The maximum Gasteiger partial charge on any atom is 0.230 e. The Kier molecular flexibility index (Phi) is 1.90.